The second-order valence-corrected chi connectivity index (χ2v) is 8.57. The molecule has 7 nitrogen and oxygen atoms in total. The first-order valence-corrected chi connectivity index (χ1v) is 11.4. The van der Waals surface area contributed by atoms with Crippen molar-refractivity contribution in [3.63, 3.8) is 0 Å². The fourth-order valence-corrected chi connectivity index (χ4v) is 4.95. The van der Waals surface area contributed by atoms with E-state index in [1.165, 1.54) is 12.1 Å². The first kappa shape index (κ1) is 24.7. The molecule has 33 heavy (non-hydrogen) atoms. The number of nitrogens with one attached hydrogen (secondary N) is 2. The topological polar surface area (TPSA) is 88.5 Å². The minimum absolute atomic E-state index is 0.0297. The average Bonchev–Trinajstić information content (AvgIpc) is 3.24. The average molecular weight is 466 g/mol. The number of hydrogen-bond acceptors (Lipinski definition) is 4. The molecular formula is C23H30F3N5O2. The van der Waals surface area contributed by atoms with Crippen molar-refractivity contribution in [3.05, 3.63) is 29.3 Å². The van der Waals surface area contributed by atoms with Gasteiger partial charge in [-0.3, -0.25) is 4.79 Å². The number of halogens is 3. The van der Waals surface area contributed by atoms with Crippen LogP contribution >= 0.6 is 0 Å². The normalized spacial score (nSPS) is 21.6. The van der Waals surface area contributed by atoms with E-state index in [0.29, 0.717) is 45.0 Å². The van der Waals surface area contributed by atoms with Gasteiger partial charge in [-0.1, -0.05) is 0 Å². The van der Waals surface area contributed by atoms with E-state index in [2.05, 4.69) is 10.6 Å². The number of benzene rings is 1. The third-order valence-corrected chi connectivity index (χ3v) is 6.61. The lowest BCUT2D eigenvalue weighted by Crippen LogP contribution is -2.46. The summed E-state index contributed by atoms with van der Waals surface area (Å²) in [7, 11) is 0. The quantitative estimate of drug-likeness (QED) is 0.699. The molecule has 2 atom stereocenters. The van der Waals surface area contributed by atoms with Gasteiger partial charge < -0.3 is 20.4 Å². The lowest BCUT2D eigenvalue weighted by molar-refractivity contribution is -0.137. The summed E-state index contributed by atoms with van der Waals surface area (Å²) in [6, 6.07) is 5.23. The van der Waals surface area contributed by atoms with Gasteiger partial charge in [0.05, 0.1) is 23.1 Å². The van der Waals surface area contributed by atoms with Crippen molar-refractivity contribution in [1.82, 2.24) is 15.5 Å². The van der Waals surface area contributed by atoms with Crippen LogP contribution in [-0.2, 0) is 11.0 Å². The largest absolute Gasteiger partial charge is 0.417 e. The summed E-state index contributed by atoms with van der Waals surface area (Å²) in [6.45, 7) is 6.68. The number of nitrogens with zero attached hydrogens (tertiary/aromatic N) is 3. The predicted octanol–water partition coefficient (Wildman–Crippen LogP) is 3.21. The van der Waals surface area contributed by atoms with Crippen LogP contribution < -0.4 is 15.5 Å². The third kappa shape index (κ3) is 5.52. The van der Waals surface area contributed by atoms with E-state index >= 15 is 0 Å². The molecule has 1 aromatic rings. The molecule has 2 N–H and O–H groups in total. The summed E-state index contributed by atoms with van der Waals surface area (Å²) in [5.74, 6) is -0.288. The molecule has 2 saturated heterocycles. The number of rotatable bonds is 5. The number of amides is 3. The molecule has 0 bridgehead atoms. The smallest absolute Gasteiger partial charge is 0.370 e. The van der Waals surface area contributed by atoms with E-state index in [9.17, 15) is 22.8 Å². The summed E-state index contributed by atoms with van der Waals surface area (Å²) in [5.41, 5.74) is -1.02. The molecule has 2 heterocycles. The number of likely N-dealkylation sites (tertiary alicyclic amines) is 1. The maximum absolute atomic E-state index is 13.5. The number of urea groups is 1. The van der Waals surface area contributed by atoms with Gasteiger partial charge in [-0.15, -0.1) is 0 Å². The van der Waals surface area contributed by atoms with Gasteiger partial charge in [0.25, 0.3) is 0 Å². The molecule has 0 spiro atoms. The Bertz CT molecular complexity index is 906. The number of piperidine rings is 1. The molecule has 0 aliphatic carbocycles. The van der Waals surface area contributed by atoms with Crippen molar-refractivity contribution in [2.24, 2.45) is 17.8 Å². The molecule has 1 aromatic carbocycles. The molecule has 2 aliphatic heterocycles. The molecule has 2 aliphatic rings. The highest BCUT2D eigenvalue weighted by Gasteiger charge is 2.43. The summed E-state index contributed by atoms with van der Waals surface area (Å²) in [5, 5.41) is 14.7. The Morgan fingerprint density at radius 1 is 1.12 bits per heavy atom. The van der Waals surface area contributed by atoms with Gasteiger partial charge in [0, 0.05) is 45.0 Å². The molecule has 10 heteroatoms. The Labute approximate surface area is 191 Å². The number of carbonyl (C=O) groups is 2. The Morgan fingerprint density at radius 2 is 1.79 bits per heavy atom. The Morgan fingerprint density at radius 3 is 2.36 bits per heavy atom. The second kappa shape index (κ2) is 10.3. The molecular weight excluding hydrogens is 435 g/mol. The maximum Gasteiger partial charge on any atom is 0.417 e. The van der Waals surface area contributed by atoms with E-state index in [0.717, 1.165) is 18.9 Å². The molecule has 3 amide bonds. The van der Waals surface area contributed by atoms with Crippen LogP contribution in [0.15, 0.2) is 18.2 Å². The lowest BCUT2D eigenvalue weighted by atomic mass is 9.78. The van der Waals surface area contributed by atoms with Gasteiger partial charge in [0.2, 0.25) is 5.91 Å². The molecule has 2 fully saturated rings. The van der Waals surface area contributed by atoms with Gasteiger partial charge in [0.15, 0.2) is 0 Å². The van der Waals surface area contributed by atoms with Crippen LogP contribution in [-0.4, -0.2) is 56.1 Å². The van der Waals surface area contributed by atoms with Crippen LogP contribution in [0, 0.1) is 29.1 Å². The van der Waals surface area contributed by atoms with Gasteiger partial charge >= 0.3 is 12.2 Å². The van der Waals surface area contributed by atoms with E-state index < -0.39 is 17.3 Å². The molecule has 0 aromatic heterocycles. The molecule has 0 radical (unpaired) electrons. The zero-order valence-corrected chi connectivity index (χ0v) is 18.9. The molecule has 2 unspecified atom stereocenters. The monoisotopic (exact) mass is 465 g/mol. The van der Waals surface area contributed by atoms with Crippen molar-refractivity contribution >= 4 is 17.6 Å². The first-order chi connectivity index (χ1) is 15.7. The number of alkyl halides is 3. The zero-order valence-electron chi connectivity index (χ0n) is 18.9. The SMILES string of the molecule is CCNC(=O)C1CN(c2ccc(C#N)c(C(F)(F)F)c2)CC1C1CCN(C(=O)NCC)CC1. The van der Waals surface area contributed by atoms with Crippen LogP contribution in [0.1, 0.15) is 37.8 Å². The van der Waals surface area contributed by atoms with Gasteiger partial charge in [0.1, 0.15) is 0 Å². The Balaban J connectivity index is 1.80. The molecule has 3 rings (SSSR count). The third-order valence-electron chi connectivity index (χ3n) is 6.61. The number of anilines is 1. The number of nitriles is 1. The van der Waals surface area contributed by atoms with E-state index in [-0.39, 0.29) is 29.7 Å². The summed E-state index contributed by atoms with van der Waals surface area (Å²) in [4.78, 5) is 28.5. The first-order valence-electron chi connectivity index (χ1n) is 11.4. The minimum Gasteiger partial charge on any atom is -0.370 e. The highest BCUT2D eigenvalue weighted by molar-refractivity contribution is 5.80. The van der Waals surface area contributed by atoms with Gasteiger partial charge in [-0.05, 0) is 56.7 Å². The fourth-order valence-electron chi connectivity index (χ4n) is 4.95. The van der Waals surface area contributed by atoms with Crippen molar-refractivity contribution < 1.29 is 22.8 Å². The molecule has 180 valence electrons. The fraction of sp³-hybridized carbons (Fsp3) is 0.609. The van der Waals surface area contributed by atoms with Crippen LogP contribution in [0.4, 0.5) is 23.7 Å². The Kier molecular flexibility index (Phi) is 7.72. The minimum atomic E-state index is -4.63. The number of hydrogen-bond donors (Lipinski definition) is 2. The summed E-state index contributed by atoms with van der Waals surface area (Å²) < 4.78 is 40.4. The van der Waals surface area contributed by atoms with Crippen molar-refractivity contribution in [3.8, 4) is 6.07 Å². The predicted molar refractivity (Wildman–Crippen MR) is 117 cm³/mol. The van der Waals surface area contributed by atoms with E-state index in [1.54, 1.807) is 11.0 Å². The van der Waals surface area contributed by atoms with E-state index in [4.69, 9.17) is 5.26 Å². The maximum atomic E-state index is 13.5. The van der Waals surface area contributed by atoms with Crippen LogP contribution in [0.5, 0.6) is 0 Å². The number of carbonyl (C=O) groups excluding carboxylic acids is 2. The Hall–Kier alpha value is -2.96. The summed E-state index contributed by atoms with van der Waals surface area (Å²) >= 11 is 0. The molecule has 0 saturated carbocycles. The summed E-state index contributed by atoms with van der Waals surface area (Å²) in [6.07, 6.45) is -3.15. The van der Waals surface area contributed by atoms with Crippen molar-refractivity contribution in [1.29, 1.82) is 5.26 Å². The van der Waals surface area contributed by atoms with Gasteiger partial charge in [-0.25, -0.2) is 4.79 Å². The van der Waals surface area contributed by atoms with E-state index in [1.807, 2.05) is 18.7 Å². The highest BCUT2D eigenvalue weighted by Crippen LogP contribution is 2.40. The second-order valence-electron chi connectivity index (χ2n) is 8.57. The highest BCUT2D eigenvalue weighted by atomic mass is 19.4. The van der Waals surface area contributed by atoms with Crippen molar-refractivity contribution in [2.75, 3.05) is 44.2 Å². The van der Waals surface area contributed by atoms with Crippen LogP contribution in [0.25, 0.3) is 0 Å². The van der Waals surface area contributed by atoms with Crippen LogP contribution in [0.2, 0.25) is 0 Å². The van der Waals surface area contributed by atoms with Crippen LogP contribution in [0.3, 0.4) is 0 Å². The van der Waals surface area contributed by atoms with Gasteiger partial charge in [-0.2, -0.15) is 18.4 Å². The lowest BCUT2D eigenvalue weighted by Gasteiger charge is -2.36. The zero-order chi connectivity index (χ0) is 24.2. The van der Waals surface area contributed by atoms with Crippen molar-refractivity contribution in [2.45, 2.75) is 32.9 Å². The standard InChI is InChI=1S/C23H30F3N5O2/c1-3-28-21(32)19-14-31(17-6-5-16(12-27)20(11-17)23(24,25)26)13-18(19)15-7-9-30(10-8-15)22(33)29-4-2/h5-6,11,15,18-19H,3-4,7-10,13-14H2,1-2H3,(H,28,32)(H,29,33).